The normalized spacial score (nSPS) is 10.8. The molecule has 1 heterocycles. The number of hydrogen-bond donors (Lipinski definition) is 1. The summed E-state index contributed by atoms with van der Waals surface area (Å²) in [5, 5.41) is 12.9. The number of benzene rings is 1. The van der Waals surface area contributed by atoms with E-state index >= 15 is 0 Å². The molecule has 20 heavy (non-hydrogen) atoms. The first kappa shape index (κ1) is 14.0. The Kier molecular flexibility index (Phi) is 4.02. The Balaban J connectivity index is 2.03. The highest BCUT2D eigenvalue weighted by Gasteiger charge is 2.10. The van der Waals surface area contributed by atoms with Gasteiger partial charge in [0.2, 0.25) is 0 Å². The third-order valence-electron chi connectivity index (χ3n) is 2.78. The van der Waals surface area contributed by atoms with Gasteiger partial charge in [0.15, 0.2) is 5.75 Å². The first-order valence-corrected chi connectivity index (χ1v) is 6.16. The van der Waals surface area contributed by atoms with Crippen molar-refractivity contribution in [1.29, 1.82) is 0 Å². The number of carboxylic acid groups (broad SMARTS) is 1. The van der Waals surface area contributed by atoms with Gasteiger partial charge in [-0.05, 0) is 31.5 Å². The summed E-state index contributed by atoms with van der Waals surface area (Å²) in [6.07, 6.45) is 3.34. The van der Waals surface area contributed by atoms with Crippen LogP contribution in [0.4, 0.5) is 4.39 Å². The number of ether oxygens (including phenoxy) is 1. The molecule has 0 amide bonds. The number of hydrogen-bond acceptors (Lipinski definition) is 3. The molecule has 106 valence electrons. The van der Waals surface area contributed by atoms with Crippen molar-refractivity contribution in [3.8, 4) is 5.75 Å². The smallest absolute Gasteiger partial charge is 0.338 e. The highest BCUT2D eigenvalue weighted by Crippen LogP contribution is 2.16. The quantitative estimate of drug-likeness (QED) is 0.913. The van der Waals surface area contributed by atoms with Gasteiger partial charge < -0.3 is 9.84 Å². The van der Waals surface area contributed by atoms with Gasteiger partial charge in [-0.2, -0.15) is 5.10 Å². The van der Waals surface area contributed by atoms with E-state index in [-0.39, 0.29) is 18.2 Å². The molecule has 0 atom stereocenters. The van der Waals surface area contributed by atoms with Gasteiger partial charge in [0, 0.05) is 6.04 Å². The van der Waals surface area contributed by atoms with Gasteiger partial charge in [-0.15, -0.1) is 0 Å². The minimum Gasteiger partial charge on any atom is -0.486 e. The maximum atomic E-state index is 13.5. The maximum Gasteiger partial charge on any atom is 0.338 e. The van der Waals surface area contributed by atoms with Gasteiger partial charge in [0.25, 0.3) is 0 Å². The van der Waals surface area contributed by atoms with Crippen LogP contribution in [0.2, 0.25) is 0 Å². The van der Waals surface area contributed by atoms with Crippen molar-refractivity contribution < 1.29 is 19.0 Å². The summed E-state index contributed by atoms with van der Waals surface area (Å²) in [4.78, 5) is 10.7. The number of aromatic carboxylic acids is 1. The van der Waals surface area contributed by atoms with Gasteiger partial charge in [-0.25, -0.2) is 9.18 Å². The monoisotopic (exact) mass is 278 g/mol. The van der Waals surface area contributed by atoms with Crippen LogP contribution < -0.4 is 4.74 Å². The lowest BCUT2D eigenvalue weighted by atomic mass is 10.1. The number of halogens is 1. The largest absolute Gasteiger partial charge is 0.486 e. The van der Waals surface area contributed by atoms with Crippen LogP contribution in [0.1, 0.15) is 35.8 Å². The zero-order valence-corrected chi connectivity index (χ0v) is 11.2. The Bertz CT molecular complexity index is 623. The van der Waals surface area contributed by atoms with Gasteiger partial charge in [-0.1, -0.05) is 6.07 Å². The zero-order valence-electron chi connectivity index (χ0n) is 11.2. The van der Waals surface area contributed by atoms with E-state index in [1.54, 1.807) is 17.1 Å². The van der Waals surface area contributed by atoms with E-state index in [4.69, 9.17) is 9.84 Å². The molecule has 1 aromatic carbocycles. The molecule has 2 aromatic rings. The van der Waals surface area contributed by atoms with E-state index in [2.05, 4.69) is 5.10 Å². The van der Waals surface area contributed by atoms with E-state index in [0.29, 0.717) is 11.3 Å². The molecule has 0 unspecified atom stereocenters. The lowest BCUT2D eigenvalue weighted by Crippen LogP contribution is -2.03. The number of carbonyl (C=O) groups is 1. The second-order valence-corrected chi connectivity index (χ2v) is 4.66. The fraction of sp³-hybridized carbons (Fsp3) is 0.286. The van der Waals surface area contributed by atoms with Crippen LogP contribution in [0.3, 0.4) is 0 Å². The fourth-order valence-electron chi connectivity index (χ4n) is 1.67. The fourth-order valence-corrected chi connectivity index (χ4v) is 1.67. The Hall–Kier alpha value is -2.37. The molecule has 0 aliphatic carbocycles. The Morgan fingerprint density at radius 1 is 1.50 bits per heavy atom. The topological polar surface area (TPSA) is 64.3 Å². The van der Waals surface area contributed by atoms with E-state index in [1.165, 1.54) is 12.1 Å². The first-order chi connectivity index (χ1) is 9.47. The number of nitrogens with zero attached hydrogens (tertiary/aromatic N) is 2. The molecule has 2 rings (SSSR count). The standard InChI is InChI=1S/C14H15FN2O3/c1-9(2)17-7-11(6-16-17)20-8-10-3-4-12(14(18)19)13(15)5-10/h3-7,9H,8H2,1-2H3,(H,18,19). The van der Waals surface area contributed by atoms with Crippen molar-refractivity contribution in [2.24, 2.45) is 0 Å². The molecule has 1 N–H and O–H groups in total. The minimum atomic E-state index is -1.28. The van der Waals surface area contributed by atoms with Gasteiger partial charge in [0.05, 0.1) is 18.0 Å². The highest BCUT2D eigenvalue weighted by molar-refractivity contribution is 5.87. The molecule has 0 radical (unpaired) electrons. The van der Waals surface area contributed by atoms with E-state index in [9.17, 15) is 9.18 Å². The summed E-state index contributed by atoms with van der Waals surface area (Å²) >= 11 is 0. The van der Waals surface area contributed by atoms with Gasteiger partial charge >= 0.3 is 5.97 Å². The molecule has 0 aliphatic heterocycles. The molecule has 0 fully saturated rings. The lowest BCUT2D eigenvalue weighted by molar-refractivity contribution is 0.0692. The highest BCUT2D eigenvalue weighted by atomic mass is 19.1. The molecule has 6 heteroatoms. The van der Waals surface area contributed by atoms with E-state index in [0.717, 1.165) is 6.07 Å². The molecular formula is C14H15FN2O3. The average Bonchev–Trinajstić information content (AvgIpc) is 2.85. The zero-order chi connectivity index (χ0) is 14.7. The molecule has 0 saturated carbocycles. The van der Waals surface area contributed by atoms with Crippen molar-refractivity contribution in [1.82, 2.24) is 9.78 Å². The van der Waals surface area contributed by atoms with Crippen LogP contribution in [-0.2, 0) is 6.61 Å². The van der Waals surface area contributed by atoms with Crippen LogP contribution in [0.15, 0.2) is 30.6 Å². The number of aromatic nitrogens is 2. The van der Waals surface area contributed by atoms with Crippen molar-refractivity contribution in [2.45, 2.75) is 26.5 Å². The van der Waals surface area contributed by atoms with Crippen molar-refractivity contribution >= 4 is 5.97 Å². The van der Waals surface area contributed by atoms with Crippen LogP contribution in [0.25, 0.3) is 0 Å². The molecule has 0 spiro atoms. The number of rotatable bonds is 5. The molecule has 5 nitrogen and oxygen atoms in total. The second kappa shape index (κ2) is 5.73. The van der Waals surface area contributed by atoms with Crippen LogP contribution in [-0.4, -0.2) is 20.9 Å². The lowest BCUT2D eigenvalue weighted by Gasteiger charge is -2.06. The number of carboxylic acids is 1. The summed E-state index contributed by atoms with van der Waals surface area (Å²) in [5.41, 5.74) is 0.214. The molecule has 0 bridgehead atoms. The molecular weight excluding hydrogens is 263 g/mol. The van der Waals surface area contributed by atoms with Gasteiger partial charge in [-0.3, -0.25) is 4.68 Å². The third kappa shape index (κ3) is 3.14. The Morgan fingerprint density at radius 3 is 2.80 bits per heavy atom. The van der Waals surface area contributed by atoms with Crippen LogP contribution in [0.5, 0.6) is 5.75 Å². The SMILES string of the molecule is CC(C)n1cc(OCc2ccc(C(=O)O)c(F)c2)cn1. The summed E-state index contributed by atoms with van der Waals surface area (Å²) < 4.78 is 20.7. The second-order valence-electron chi connectivity index (χ2n) is 4.66. The Labute approximate surface area is 115 Å². The predicted octanol–water partition coefficient (Wildman–Crippen LogP) is 2.88. The van der Waals surface area contributed by atoms with Crippen LogP contribution >= 0.6 is 0 Å². The van der Waals surface area contributed by atoms with Crippen LogP contribution in [0, 0.1) is 5.82 Å². The molecule has 0 aliphatic rings. The average molecular weight is 278 g/mol. The van der Waals surface area contributed by atoms with Crippen molar-refractivity contribution in [3.63, 3.8) is 0 Å². The van der Waals surface area contributed by atoms with Crippen molar-refractivity contribution in [3.05, 3.63) is 47.5 Å². The summed E-state index contributed by atoms with van der Waals surface area (Å²) in [6.45, 7) is 4.15. The minimum absolute atomic E-state index is 0.153. The van der Waals surface area contributed by atoms with Crippen molar-refractivity contribution in [2.75, 3.05) is 0 Å². The molecule has 0 saturated heterocycles. The molecule has 1 aromatic heterocycles. The van der Waals surface area contributed by atoms with Gasteiger partial charge in [0.1, 0.15) is 12.4 Å². The Morgan fingerprint density at radius 2 is 2.25 bits per heavy atom. The summed E-state index contributed by atoms with van der Waals surface area (Å²) in [5.74, 6) is -1.47. The third-order valence-corrected chi connectivity index (χ3v) is 2.78. The van der Waals surface area contributed by atoms with E-state index in [1.807, 2.05) is 13.8 Å². The summed E-state index contributed by atoms with van der Waals surface area (Å²) in [7, 11) is 0. The predicted molar refractivity (Wildman–Crippen MR) is 70.3 cm³/mol. The summed E-state index contributed by atoms with van der Waals surface area (Å²) in [6, 6.07) is 4.16. The maximum absolute atomic E-state index is 13.5. The van der Waals surface area contributed by atoms with E-state index < -0.39 is 11.8 Å². The first-order valence-electron chi connectivity index (χ1n) is 6.16.